The second-order valence-corrected chi connectivity index (χ2v) is 6.56. The topological polar surface area (TPSA) is 55.3 Å². The van der Waals surface area contributed by atoms with Gasteiger partial charge in [-0.25, -0.2) is 4.98 Å². The first-order valence-electron chi connectivity index (χ1n) is 7.80. The molecule has 0 amide bonds. The van der Waals surface area contributed by atoms with Crippen molar-refractivity contribution in [3.8, 4) is 11.5 Å². The van der Waals surface area contributed by atoms with Crippen LogP contribution in [0.3, 0.4) is 0 Å². The van der Waals surface area contributed by atoms with Crippen molar-refractivity contribution in [3.63, 3.8) is 0 Å². The third kappa shape index (κ3) is 4.70. The van der Waals surface area contributed by atoms with E-state index in [1.807, 2.05) is 24.3 Å². The molecule has 3 rings (SSSR count). The molecule has 1 unspecified atom stereocenters. The first-order valence-corrected chi connectivity index (χ1v) is 8.18. The third-order valence-electron chi connectivity index (χ3n) is 4.38. The Morgan fingerprint density at radius 3 is 2.78 bits per heavy atom. The van der Waals surface area contributed by atoms with Gasteiger partial charge in [-0.3, -0.25) is 4.90 Å². The predicted molar refractivity (Wildman–Crippen MR) is 95.8 cm³/mol. The van der Waals surface area contributed by atoms with Crippen LogP contribution in [0.5, 0.6) is 0 Å². The van der Waals surface area contributed by atoms with E-state index in [2.05, 4.69) is 16.8 Å². The second-order valence-electron chi connectivity index (χ2n) is 6.13. The summed E-state index contributed by atoms with van der Waals surface area (Å²) in [5.74, 6) is 1.28. The van der Waals surface area contributed by atoms with Crippen molar-refractivity contribution in [1.82, 2.24) is 9.88 Å². The molecule has 2 N–H and O–H groups in total. The summed E-state index contributed by atoms with van der Waals surface area (Å²) in [5.41, 5.74) is 7.87. The molecule has 126 valence electrons. The van der Waals surface area contributed by atoms with E-state index in [1.165, 1.54) is 0 Å². The highest BCUT2D eigenvalue weighted by Crippen LogP contribution is 2.24. The van der Waals surface area contributed by atoms with Gasteiger partial charge >= 0.3 is 0 Å². The van der Waals surface area contributed by atoms with Crippen molar-refractivity contribution in [2.45, 2.75) is 32.4 Å². The van der Waals surface area contributed by atoms with Crippen molar-refractivity contribution in [2.24, 2.45) is 11.7 Å². The van der Waals surface area contributed by atoms with Gasteiger partial charge < -0.3 is 10.2 Å². The molecule has 0 saturated carbocycles. The van der Waals surface area contributed by atoms with Crippen molar-refractivity contribution in [1.29, 1.82) is 0 Å². The molecule has 0 radical (unpaired) electrons. The number of oxazole rings is 1. The Morgan fingerprint density at radius 1 is 1.39 bits per heavy atom. The molecular weight excluding hydrogens is 333 g/mol. The van der Waals surface area contributed by atoms with Gasteiger partial charge in [0.1, 0.15) is 6.26 Å². The largest absolute Gasteiger partial charge is 0.444 e. The van der Waals surface area contributed by atoms with Crippen LogP contribution in [0.4, 0.5) is 0 Å². The highest BCUT2D eigenvalue weighted by atomic mass is 35.5. The summed E-state index contributed by atoms with van der Waals surface area (Å²) >= 11 is 6.01. The van der Waals surface area contributed by atoms with Crippen molar-refractivity contribution >= 4 is 24.0 Å². The number of aromatic nitrogens is 1. The number of benzene rings is 1. The Hall–Kier alpha value is -1.07. The number of hydrogen-bond acceptors (Lipinski definition) is 4. The number of nitrogens with two attached hydrogens (primary N) is 1. The van der Waals surface area contributed by atoms with E-state index in [0.29, 0.717) is 22.9 Å². The van der Waals surface area contributed by atoms with E-state index < -0.39 is 0 Å². The number of hydrogen-bond donors (Lipinski definition) is 1. The summed E-state index contributed by atoms with van der Waals surface area (Å²) in [6.07, 6.45) is 4.07. The van der Waals surface area contributed by atoms with E-state index in [0.717, 1.165) is 43.7 Å². The Kier molecular flexibility index (Phi) is 6.48. The van der Waals surface area contributed by atoms with Crippen LogP contribution in [-0.2, 0) is 6.54 Å². The Balaban J connectivity index is 0.00000192. The maximum Gasteiger partial charge on any atom is 0.226 e. The van der Waals surface area contributed by atoms with E-state index >= 15 is 0 Å². The molecule has 1 saturated heterocycles. The van der Waals surface area contributed by atoms with Crippen molar-refractivity contribution in [2.75, 3.05) is 13.1 Å². The zero-order chi connectivity index (χ0) is 15.5. The lowest BCUT2D eigenvalue weighted by atomic mass is 9.91. The van der Waals surface area contributed by atoms with Gasteiger partial charge in [-0.1, -0.05) is 17.7 Å². The number of rotatable bonds is 4. The molecular formula is C17H23Cl2N3O. The predicted octanol–water partition coefficient (Wildman–Crippen LogP) is 3.98. The van der Waals surface area contributed by atoms with Gasteiger partial charge in [0.05, 0.1) is 5.69 Å². The van der Waals surface area contributed by atoms with Crippen LogP contribution < -0.4 is 5.73 Å². The highest BCUT2D eigenvalue weighted by molar-refractivity contribution is 6.30. The summed E-state index contributed by atoms with van der Waals surface area (Å²) in [6, 6.07) is 7.86. The summed E-state index contributed by atoms with van der Waals surface area (Å²) in [4.78, 5) is 6.99. The fourth-order valence-electron chi connectivity index (χ4n) is 3.00. The average molecular weight is 356 g/mol. The van der Waals surface area contributed by atoms with Crippen LogP contribution in [0, 0.1) is 5.92 Å². The van der Waals surface area contributed by atoms with Crippen LogP contribution in [0.1, 0.15) is 25.5 Å². The normalized spacial score (nSPS) is 17.7. The fourth-order valence-corrected chi connectivity index (χ4v) is 3.19. The smallest absolute Gasteiger partial charge is 0.226 e. The van der Waals surface area contributed by atoms with Gasteiger partial charge in [0.2, 0.25) is 5.89 Å². The second kappa shape index (κ2) is 8.15. The SMILES string of the molecule is CC(N)C1CCN(Cc2coc(-c3cccc(Cl)c3)n2)CC1.Cl. The van der Waals surface area contributed by atoms with Crippen LogP contribution in [-0.4, -0.2) is 29.0 Å². The van der Waals surface area contributed by atoms with Gasteiger partial charge in [0.25, 0.3) is 0 Å². The van der Waals surface area contributed by atoms with Gasteiger partial charge in [-0.2, -0.15) is 0 Å². The fraction of sp³-hybridized carbons (Fsp3) is 0.471. The zero-order valence-corrected chi connectivity index (χ0v) is 14.8. The lowest BCUT2D eigenvalue weighted by molar-refractivity contribution is 0.164. The first kappa shape index (κ1) is 18.3. The summed E-state index contributed by atoms with van der Waals surface area (Å²) in [7, 11) is 0. The van der Waals surface area contributed by atoms with E-state index in [1.54, 1.807) is 6.26 Å². The number of likely N-dealkylation sites (tertiary alicyclic amines) is 1. The molecule has 23 heavy (non-hydrogen) atoms. The number of nitrogens with zero attached hydrogens (tertiary/aromatic N) is 2. The van der Waals surface area contributed by atoms with Crippen molar-refractivity contribution in [3.05, 3.63) is 41.2 Å². The van der Waals surface area contributed by atoms with Crippen molar-refractivity contribution < 1.29 is 4.42 Å². The lowest BCUT2D eigenvalue weighted by Crippen LogP contribution is -2.39. The minimum atomic E-state index is 0. The molecule has 1 fully saturated rings. The minimum Gasteiger partial charge on any atom is -0.444 e. The Bertz CT molecular complexity index is 622. The maximum absolute atomic E-state index is 6.01. The Labute approximate surface area is 148 Å². The van der Waals surface area contributed by atoms with Crippen LogP contribution in [0.2, 0.25) is 5.02 Å². The summed E-state index contributed by atoms with van der Waals surface area (Å²) in [6.45, 7) is 5.09. The monoisotopic (exact) mass is 355 g/mol. The quantitative estimate of drug-likeness (QED) is 0.901. The molecule has 4 nitrogen and oxygen atoms in total. The third-order valence-corrected chi connectivity index (χ3v) is 4.62. The zero-order valence-electron chi connectivity index (χ0n) is 13.2. The standard InChI is InChI=1S/C17H22ClN3O.ClH/c1-12(19)13-5-7-21(8-6-13)10-16-11-22-17(20-16)14-3-2-4-15(18)9-14;/h2-4,9,11-13H,5-8,10,19H2,1H3;1H. The van der Waals surface area contributed by atoms with Crippen LogP contribution >= 0.6 is 24.0 Å². The molecule has 1 aliphatic rings. The number of halogens is 2. The van der Waals surface area contributed by atoms with E-state index in [4.69, 9.17) is 21.8 Å². The maximum atomic E-state index is 6.01. The van der Waals surface area contributed by atoms with Gasteiger partial charge in [0.15, 0.2) is 0 Å². The van der Waals surface area contributed by atoms with Gasteiger partial charge in [-0.05, 0) is 57.0 Å². The summed E-state index contributed by atoms with van der Waals surface area (Å²) in [5, 5.41) is 0.690. The van der Waals surface area contributed by atoms with Crippen LogP contribution in [0.25, 0.3) is 11.5 Å². The minimum absolute atomic E-state index is 0. The lowest BCUT2D eigenvalue weighted by Gasteiger charge is -2.33. The molecule has 2 aromatic rings. The molecule has 1 aliphatic heterocycles. The van der Waals surface area contributed by atoms with E-state index in [9.17, 15) is 0 Å². The van der Waals surface area contributed by atoms with Gasteiger partial charge in [-0.15, -0.1) is 12.4 Å². The highest BCUT2D eigenvalue weighted by Gasteiger charge is 2.22. The summed E-state index contributed by atoms with van der Waals surface area (Å²) < 4.78 is 5.59. The molecule has 1 aromatic carbocycles. The Morgan fingerprint density at radius 2 is 2.13 bits per heavy atom. The molecule has 0 bridgehead atoms. The van der Waals surface area contributed by atoms with E-state index in [-0.39, 0.29) is 12.4 Å². The first-order chi connectivity index (χ1) is 10.6. The number of piperidine rings is 1. The molecule has 0 aliphatic carbocycles. The van der Waals surface area contributed by atoms with Crippen LogP contribution in [0.15, 0.2) is 34.9 Å². The molecule has 2 heterocycles. The van der Waals surface area contributed by atoms with Gasteiger partial charge in [0, 0.05) is 23.2 Å². The molecule has 6 heteroatoms. The molecule has 1 atom stereocenters. The average Bonchev–Trinajstić information content (AvgIpc) is 2.96. The molecule has 0 spiro atoms. The molecule has 1 aromatic heterocycles.